The highest BCUT2D eigenvalue weighted by molar-refractivity contribution is 7.22. The van der Waals surface area contributed by atoms with Crippen molar-refractivity contribution in [3.63, 3.8) is 0 Å². The summed E-state index contributed by atoms with van der Waals surface area (Å²) < 4.78 is 14.4. The van der Waals surface area contributed by atoms with Crippen LogP contribution in [0.3, 0.4) is 0 Å². The van der Waals surface area contributed by atoms with E-state index in [1.165, 1.54) is 40.5 Å². The van der Waals surface area contributed by atoms with E-state index in [9.17, 15) is 19.1 Å². The summed E-state index contributed by atoms with van der Waals surface area (Å²) >= 11 is 13.2. The summed E-state index contributed by atoms with van der Waals surface area (Å²) in [7, 11) is 0. The van der Waals surface area contributed by atoms with Gasteiger partial charge in [0.1, 0.15) is 11.6 Å². The van der Waals surface area contributed by atoms with Gasteiger partial charge in [-0.1, -0.05) is 46.7 Å². The number of halogens is 3. The molecule has 5 rings (SSSR count). The lowest BCUT2D eigenvalue weighted by Crippen LogP contribution is -2.29. The van der Waals surface area contributed by atoms with Crippen molar-refractivity contribution in [3.05, 3.63) is 99.3 Å². The van der Waals surface area contributed by atoms with Crippen LogP contribution in [0.5, 0.6) is 0 Å². The van der Waals surface area contributed by atoms with Gasteiger partial charge in [-0.05, 0) is 60.2 Å². The summed E-state index contributed by atoms with van der Waals surface area (Å²) in [5.41, 5.74) is 1.26. The number of amides is 1. The molecule has 164 valence electrons. The number of rotatable bonds is 3. The minimum absolute atomic E-state index is 0.119. The van der Waals surface area contributed by atoms with Crippen LogP contribution in [0, 0.1) is 5.82 Å². The van der Waals surface area contributed by atoms with E-state index >= 15 is 0 Å². The van der Waals surface area contributed by atoms with E-state index in [0.717, 1.165) is 4.70 Å². The predicted octanol–water partition coefficient (Wildman–Crippen LogP) is 6.37. The maximum Gasteiger partial charge on any atom is 0.301 e. The van der Waals surface area contributed by atoms with Crippen LogP contribution in [0.4, 0.5) is 9.52 Å². The minimum Gasteiger partial charge on any atom is -0.507 e. The Labute approximate surface area is 201 Å². The number of carbonyl (C=O) groups is 2. The Morgan fingerprint density at radius 1 is 0.970 bits per heavy atom. The maximum absolute atomic E-state index is 13.6. The predicted molar refractivity (Wildman–Crippen MR) is 127 cm³/mol. The molecule has 1 atom stereocenters. The van der Waals surface area contributed by atoms with Crippen molar-refractivity contribution < 1.29 is 19.1 Å². The van der Waals surface area contributed by atoms with Gasteiger partial charge in [0, 0.05) is 15.6 Å². The second-order valence-electron chi connectivity index (χ2n) is 7.34. The third-order valence-corrected chi connectivity index (χ3v) is 6.80. The second-order valence-corrected chi connectivity index (χ2v) is 9.22. The number of hydrogen-bond donors (Lipinski definition) is 1. The molecule has 0 bridgehead atoms. The molecule has 3 aromatic carbocycles. The largest absolute Gasteiger partial charge is 0.507 e. The zero-order valence-electron chi connectivity index (χ0n) is 16.6. The lowest BCUT2D eigenvalue weighted by molar-refractivity contribution is -0.132. The van der Waals surface area contributed by atoms with Crippen LogP contribution in [0.1, 0.15) is 17.2 Å². The van der Waals surface area contributed by atoms with Crippen molar-refractivity contribution in [3.8, 4) is 0 Å². The first-order valence-corrected chi connectivity index (χ1v) is 11.3. The van der Waals surface area contributed by atoms with Crippen molar-refractivity contribution in [1.29, 1.82) is 0 Å². The van der Waals surface area contributed by atoms with Crippen molar-refractivity contribution >= 4 is 67.3 Å². The molecule has 1 amide bonds. The molecular weight excluding hydrogens is 486 g/mol. The molecule has 1 aliphatic heterocycles. The minimum atomic E-state index is -1.00. The van der Waals surface area contributed by atoms with Gasteiger partial charge in [-0.3, -0.25) is 14.5 Å². The van der Waals surface area contributed by atoms with Gasteiger partial charge in [0.15, 0.2) is 5.13 Å². The van der Waals surface area contributed by atoms with Crippen molar-refractivity contribution in [2.75, 3.05) is 4.90 Å². The van der Waals surface area contributed by atoms with Crippen LogP contribution in [0.15, 0.2) is 72.3 Å². The van der Waals surface area contributed by atoms with Gasteiger partial charge in [-0.25, -0.2) is 9.37 Å². The van der Waals surface area contributed by atoms with E-state index < -0.39 is 23.5 Å². The molecule has 0 aliphatic carbocycles. The van der Waals surface area contributed by atoms with Crippen LogP contribution in [-0.2, 0) is 9.59 Å². The molecule has 33 heavy (non-hydrogen) atoms. The highest BCUT2D eigenvalue weighted by atomic mass is 35.5. The molecule has 2 heterocycles. The highest BCUT2D eigenvalue weighted by Gasteiger charge is 2.48. The number of aliphatic hydroxyl groups excluding tert-OH is 1. The van der Waals surface area contributed by atoms with Gasteiger partial charge in [-0.15, -0.1) is 0 Å². The van der Waals surface area contributed by atoms with Crippen LogP contribution in [-0.4, -0.2) is 21.8 Å². The standard InChI is InChI=1S/C24H13Cl2FN2O3S/c25-14-5-1-13(2-6-14)21(30)19-20(12-3-8-16(27)9-4-12)29(23(32)22(19)31)24-28-17-10-7-15(26)11-18(17)33-24/h1-11,20,30H. The molecule has 1 aromatic heterocycles. The third kappa shape index (κ3) is 3.78. The summed E-state index contributed by atoms with van der Waals surface area (Å²) in [4.78, 5) is 32.1. The number of fused-ring (bicyclic) bond motifs is 1. The summed E-state index contributed by atoms with van der Waals surface area (Å²) in [6.07, 6.45) is 0. The van der Waals surface area contributed by atoms with E-state index in [-0.39, 0.29) is 16.5 Å². The maximum atomic E-state index is 13.6. The van der Waals surface area contributed by atoms with Gasteiger partial charge in [0.25, 0.3) is 5.78 Å². The average molecular weight is 499 g/mol. The Hall–Kier alpha value is -3.26. The number of anilines is 1. The molecule has 0 saturated carbocycles. The number of carbonyl (C=O) groups excluding carboxylic acids is 2. The normalized spacial score (nSPS) is 17.8. The fourth-order valence-electron chi connectivity index (χ4n) is 3.74. The van der Waals surface area contributed by atoms with Gasteiger partial charge in [0.05, 0.1) is 21.8 Å². The number of Topliss-reactive ketones (excluding diaryl/α,β-unsaturated/α-hetero) is 1. The number of benzene rings is 3. The van der Waals surface area contributed by atoms with Crippen LogP contribution >= 0.6 is 34.5 Å². The van der Waals surface area contributed by atoms with E-state index in [2.05, 4.69) is 4.98 Å². The number of nitrogens with zero attached hydrogens (tertiary/aromatic N) is 2. The Morgan fingerprint density at radius 2 is 1.64 bits per heavy atom. The first kappa shape index (κ1) is 21.6. The monoisotopic (exact) mass is 498 g/mol. The highest BCUT2D eigenvalue weighted by Crippen LogP contribution is 2.44. The van der Waals surface area contributed by atoms with Crippen LogP contribution in [0.2, 0.25) is 10.0 Å². The number of thiazole rings is 1. The first-order chi connectivity index (χ1) is 15.8. The Bertz CT molecular complexity index is 1450. The summed E-state index contributed by atoms with van der Waals surface area (Å²) in [6.45, 7) is 0. The van der Waals surface area contributed by atoms with Gasteiger partial charge >= 0.3 is 5.91 Å². The quantitative estimate of drug-likeness (QED) is 0.202. The summed E-state index contributed by atoms with van der Waals surface area (Å²) in [5, 5.41) is 12.3. The molecular formula is C24H13Cl2FN2O3S. The van der Waals surface area contributed by atoms with E-state index in [1.807, 2.05) is 0 Å². The van der Waals surface area contributed by atoms with E-state index in [0.29, 0.717) is 26.7 Å². The lowest BCUT2D eigenvalue weighted by atomic mass is 9.95. The average Bonchev–Trinajstić information content (AvgIpc) is 3.32. The van der Waals surface area contributed by atoms with Crippen molar-refractivity contribution in [2.24, 2.45) is 0 Å². The fourth-order valence-corrected chi connectivity index (χ4v) is 5.14. The lowest BCUT2D eigenvalue weighted by Gasteiger charge is -2.23. The topological polar surface area (TPSA) is 70.5 Å². The molecule has 0 radical (unpaired) electrons. The third-order valence-electron chi connectivity index (χ3n) is 5.29. The van der Waals surface area contributed by atoms with Gasteiger partial charge < -0.3 is 5.11 Å². The zero-order chi connectivity index (χ0) is 23.3. The van der Waals surface area contributed by atoms with E-state index in [4.69, 9.17) is 23.2 Å². The Kier molecular flexibility index (Phi) is 5.40. The number of aromatic nitrogens is 1. The summed E-state index contributed by atoms with van der Waals surface area (Å²) in [5.74, 6) is -2.53. The fraction of sp³-hybridized carbons (Fsp3) is 0.0417. The first-order valence-electron chi connectivity index (χ1n) is 9.72. The molecule has 4 aromatic rings. The smallest absolute Gasteiger partial charge is 0.301 e. The second kappa shape index (κ2) is 8.26. The van der Waals surface area contributed by atoms with E-state index in [1.54, 1.807) is 42.5 Å². The number of ketones is 1. The molecule has 1 aliphatic rings. The SMILES string of the molecule is O=C1C(=O)N(c2nc3ccc(Cl)cc3s2)C(c2ccc(F)cc2)C1=C(O)c1ccc(Cl)cc1. The van der Waals surface area contributed by atoms with Gasteiger partial charge in [0.2, 0.25) is 0 Å². The summed E-state index contributed by atoms with van der Waals surface area (Å²) in [6, 6.07) is 15.7. The molecule has 1 saturated heterocycles. The number of aliphatic hydroxyl groups is 1. The molecule has 1 fully saturated rings. The Balaban J connectivity index is 1.73. The molecule has 0 spiro atoms. The van der Waals surface area contributed by atoms with Crippen molar-refractivity contribution in [1.82, 2.24) is 4.98 Å². The van der Waals surface area contributed by atoms with Crippen LogP contribution in [0.25, 0.3) is 16.0 Å². The Morgan fingerprint density at radius 3 is 2.33 bits per heavy atom. The molecule has 1 N–H and O–H groups in total. The van der Waals surface area contributed by atoms with Gasteiger partial charge in [-0.2, -0.15) is 0 Å². The van der Waals surface area contributed by atoms with Crippen molar-refractivity contribution in [2.45, 2.75) is 6.04 Å². The zero-order valence-corrected chi connectivity index (χ0v) is 19.0. The van der Waals surface area contributed by atoms with Crippen LogP contribution < -0.4 is 4.90 Å². The number of hydrogen-bond acceptors (Lipinski definition) is 5. The molecule has 5 nitrogen and oxygen atoms in total. The molecule has 9 heteroatoms. The molecule has 1 unspecified atom stereocenters.